The zero-order valence-electron chi connectivity index (χ0n) is 15.6. The van der Waals surface area contributed by atoms with E-state index in [4.69, 9.17) is 9.39 Å². The fourth-order valence-corrected chi connectivity index (χ4v) is 3.25. The second-order valence-corrected chi connectivity index (χ2v) is 7.97. The minimum absolute atomic E-state index is 0.00258. The Balaban J connectivity index is 1.66. The normalized spacial score (nSPS) is 21.8. The molecule has 0 aromatic heterocycles. The molecule has 1 N–H and O–H groups in total. The van der Waals surface area contributed by atoms with Crippen molar-refractivity contribution >= 4 is 23.9 Å². The van der Waals surface area contributed by atoms with Gasteiger partial charge >= 0.3 is 7.48 Å². The van der Waals surface area contributed by atoms with Crippen LogP contribution >= 0.6 is 0 Å². The molecule has 4 nitrogen and oxygen atoms in total. The highest BCUT2D eigenvalue weighted by Gasteiger charge is 2.41. The van der Waals surface area contributed by atoms with Crippen LogP contribution in [-0.2, 0) is 4.65 Å². The lowest BCUT2D eigenvalue weighted by Crippen LogP contribution is -2.49. The molecule has 5 heteroatoms. The third kappa shape index (κ3) is 2.76. The number of hydrogen-bond donors (Lipinski definition) is 1. The van der Waals surface area contributed by atoms with Crippen molar-refractivity contribution in [1.82, 2.24) is 0 Å². The molecular formula is C21H23BNO3. The van der Waals surface area contributed by atoms with Gasteiger partial charge in [0.25, 0.3) is 0 Å². The quantitative estimate of drug-likeness (QED) is 0.856. The lowest BCUT2D eigenvalue weighted by atomic mass is 9.73. The molecule has 2 aliphatic rings. The summed E-state index contributed by atoms with van der Waals surface area (Å²) >= 11 is 0. The molecule has 0 bridgehead atoms. The maximum Gasteiger partial charge on any atom is 0.347 e. The smallest absolute Gasteiger partial charge is 0.347 e. The molecule has 26 heavy (non-hydrogen) atoms. The number of rotatable bonds is 4. The molecule has 2 heterocycles. The number of nitrogens with zero attached hydrogens (tertiary/aromatic N) is 1. The van der Waals surface area contributed by atoms with E-state index in [1.54, 1.807) is 27.5 Å². The van der Waals surface area contributed by atoms with E-state index in [1.165, 1.54) is 0 Å². The van der Waals surface area contributed by atoms with Crippen LogP contribution in [0.1, 0.15) is 39.2 Å². The summed E-state index contributed by atoms with van der Waals surface area (Å²) in [5.41, 5.74) is 0.216. The first-order valence-corrected chi connectivity index (χ1v) is 8.94. The van der Waals surface area contributed by atoms with Crippen LogP contribution in [0.2, 0.25) is 0 Å². The number of aliphatic hydroxyl groups is 1. The van der Waals surface area contributed by atoms with Crippen molar-refractivity contribution in [2.24, 2.45) is 4.99 Å². The monoisotopic (exact) mass is 348 g/mol. The fourth-order valence-electron chi connectivity index (χ4n) is 3.25. The van der Waals surface area contributed by atoms with Gasteiger partial charge in [0.2, 0.25) is 0 Å². The molecule has 0 amide bonds. The van der Waals surface area contributed by atoms with Crippen LogP contribution in [0.25, 0.3) is 10.8 Å². The summed E-state index contributed by atoms with van der Waals surface area (Å²) in [7, 11) is 1.67. The summed E-state index contributed by atoms with van der Waals surface area (Å²) in [5, 5.41) is 12.6. The Kier molecular flexibility index (Phi) is 3.97. The Labute approximate surface area is 154 Å². The summed E-state index contributed by atoms with van der Waals surface area (Å²) in [6.45, 7) is 7.22. The topological polar surface area (TPSA) is 51.0 Å². The van der Waals surface area contributed by atoms with E-state index in [-0.39, 0.29) is 12.0 Å². The largest absolute Gasteiger partial charge is 0.484 e. The second kappa shape index (κ2) is 5.97. The maximum absolute atomic E-state index is 10.3. The zero-order valence-corrected chi connectivity index (χ0v) is 15.6. The Morgan fingerprint density at radius 2 is 1.88 bits per heavy atom. The molecule has 2 aromatic rings. The Morgan fingerprint density at radius 1 is 1.12 bits per heavy atom. The summed E-state index contributed by atoms with van der Waals surface area (Å²) in [6.07, 6.45) is 3.66. The minimum atomic E-state index is -0.978. The molecule has 0 aliphatic carbocycles. The predicted octanol–water partition coefficient (Wildman–Crippen LogP) is 3.80. The van der Waals surface area contributed by atoms with Gasteiger partial charge in [-0.25, -0.2) is 0 Å². The van der Waals surface area contributed by atoms with Gasteiger partial charge in [0.1, 0.15) is 11.9 Å². The Morgan fingerprint density at radius 3 is 2.65 bits per heavy atom. The van der Waals surface area contributed by atoms with E-state index in [2.05, 4.69) is 29.3 Å². The standard InChI is InChI=1S/C21H23BNO3/c1-20(2,24)21(3,4)26-22-19-17-15-10-9-13-7-5-6-8-14(13)18(15)25-16(17)11-12-23-19/h5-12,16-17,24H,1-4H3. The van der Waals surface area contributed by atoms with E-state index in [0.29, 0.717) is 0 Å². The highest BCUT2D eigenvalue weighted by Crippen LogP contribution is 2.45. The van der Waals surface area contributed by atoms with Gasteiger partial charge in [0.15, 0.2) is 0 Å². The average molecular weight is 348 g/mol. The molecule has 4 rings (SSSR count). The van der Waals surface area contributed by atoms with Crippen molar-refractivity contribution in [1.29, 1.82) is 0 Å². The zero-order chi connectivity index (χ0) is 18.5. The molecule has 2 aromatic carbocycles. The van der Waals surface area contributed by atoms with Crippen LogP contribution < -0.4 is 4.74 Å². The number of benzene rings is 2. The molecule has 2 aliphatic heterocycles. The van der Waals surface area contributed by atoms with Crippen LogP contribution in [0.15, 0.2) is 53.7 Å². The van der Waals surface area contributed by atoms with Crippen LogP contribution in [0.3, 0.4) is 0 Å². The molecule has 0 saturated carbocycles. The van der Waals surface area contributed by atoms with Crippen LogP contribution in [0.5, 0.6) is 5.75 Å². The van der Waals surface area contributed by atoms with Crippen molar-refractivity contribution in [3.63, 3.8) is 0 Å². The molecule has 1 radical (unpaired) electrons. The highest BCUT2D eigenvalue weighted by atomic mass is 16.5. The molecule has 2 unspecified atom stereocenters. The lowest BCUT2D eigenvalue weighted by Gasteiger charge is -2.38. The van der Waals surface area contributed by atoms with Gasteiger partial charge in [-0.15, -0.1) is 0 Å². The van der Waals surface area contributed by atoms with Crippen LogP contribution in [-0.4, -0.2) is 35.5 Å². The number of fused-ring (bicyclic) bond motifs is 5. The van der Waals surface area contributed by atoms with E-state index in [1.807, 2.05) is 32.1 Å². The van der Waals surface area contributed by atoms with E-state index < -0.39 is 11.2 Å². The third-order valence-electron chi connectivity index (χ3n) is 5.59. The summed E-state index contributed by atoms with van der Waals surface area (Å²) < 4.78 is 12.2. The molecule has 2 atom stereocenters. The molecule has 133 valence electrons. The predicted molar refractivity (Wildman–Crippen MR) is 105 cm³/mol. The molecule has 0 spiro atoms. The minimum Gasteiger partial charge on any atom is -0.484 e. The third-order valence-corrected chi connectivity index (χ3v) is 5.59. The first-order chi connectivity index (χ1) is 12.3. The van der Waals surface area contributed by atoms with Gasteiger partial charge < -0.3 is 14.5 Å². The van der Waals surface area contributed by atoms with Crippen LogP contribution in [0.4, 0.5) is 0 Å². The molecule has 0 fully saturated rings. The number of aliphatic imine (C=N–C) groups is 1. The van der Waals surface area contributed by atoms with Gasteiger partial charge in [-0.2, -0.15) is 0 Å². The Hall–Kier alpha value is -2.11. The molecule has 0 saturated heterocycles. The summed E-state index contributed by atoms with van der Waals surface area (Å²) in [4.78, 5) is 4.53. The highest BCUT2D eigenvalue weighted by molar-refractivity contribution is 6.72. The first-order valence-electron chi connectivity index (χ1n) is 8.94. The average Bonchev–Trinajstić information content (AvgIpc) is 2.98. The van der Waals surface area contributed by atoms with Crippen molar-refractivity contribution in [3.8, 4) is 5.75 Å². The van der Waals surface area contributed by atoms with Gasteiger partial charge in [-0.3, -0.25) is 4.99 Å². The molecular weight excluding hydrogens is 325 g/mol. The van der Waals surface area contributed by atoms with Gasteiger partial charge in [-0.05, 0) is 39.2 Å². The fraction of sp³-hybridized carbons (Fsp3) is 0.381. The van der Waals surface area contributed by atoms with Crippen molar-refractivity contribution in [2.75, 3.05) is 0 Å². The second-order valence-electron chi connectivity index (χ2n) is 7.97. The number of hydrogen-bond acceptors (Lipinski definition) is 4. The van der Waals surface area contributed by atoms with Crippen molar-refractivity contribution in [2.45, 2.75) is 50.9 Å². The maximum atomic E-state index is 10.3. The summed E-state index contributed by atoms with van der Waals surface area (Å²) in [6, 6.07) is 12.5. The van der Waals surface area contributed by atoms with Crippen LogP contribution in [0, 0.1) is 0 Å². The lowest BCUT2D eigenvalue weighted by molar-refractivity contribution is -0.0890. The SMILES string of the molecule is CC(C)(O)C(C)(C)O[B]C1=NC=CC2Oc3c(ccc4ccccc34)C12. The van der Waals surface area contributed by atoms with Gasteiger partial charge in [-0.1, -0.05) is 36.4 Å². The van der Waals surface area contributed by atoms with Gasteiger partial charge in [0.05, 0.1) is 17.1 Å². The summed E-state index contributed by atoms with van der Waals surface area (Å²) in [5.74, 6) is 0.921. The van der Waals surface area contributed by atoms with Crippen molar-refractivity contribution < 1.29 is 14.5 Å². The van der Waals surface area contributed by atoms with E-state index in [9.17, 15) is 5.11 Å². The van der Waals surface area contributed by atoms with E-state index >= 15 is 0 Å². The number of ether oxygens (including phenoxy) is 1. The first kappa shape index (κ1) is 17.3. The van der Waals surface area contributed by atoms with Crippen molar-refractivity contribution in [3.05, 3.63) is 54.2 Å². The van der Waals surface area contributed by atoms with Gasteiger partial charge in [0, 0.05) is 22.8 Å². The Bertz CT molecular complexity index is 911. The van der Waals surface area contributed by atoms with E-state index in [0.717, 1.165) is 27.7 Å².